The molecule has 1 aromatic rings. The maximum absolute atomic E-state index is 9.53. The highest BCUT2D eigenvalue weighted by Crippen LogP contribution is 2.32. The molecule has 1 saturated heterocycles. The lowest BCUT2D eigenvalue weighted by atomic mass is 10.0. The molecule has 0 amide bonds. The first kappa shape index (κ1) is 15.7. The summed E-state index contributed by atoms with van der Waals surface area (Å²) in [6.07, 6.45) is 1.07. The van der Waals surface area contributed by atoms with E-state index in [1.807, 2.05) is 0 Å². The number of piperazine rings is 1. The van der Waals surface area contributed by atoms with Crippen LogP contribution in [-0.4, -0.2) is 47.2 Å². The van der Waals surface area contributed by atoms with E-state index < -0.39 is 0 Å². The number of anilines is 1. The summed E-state index contributed by atoms with van der Waals surface area (Å²) >= 11 is 1.67. The molecule has 114 valence electrons. The Kier molecular flexibility index (Phi) is 5.41. The maximum atomic E-state index is 9.53. The maximum Gasteiger partial charge on any atom is 0.185 e. The minimum Gasteiger partial charge on any atom is -0.391 e. The van der Waals surface area contributed by atoms with E-state index in [1.165, 1.54) is 0 Å². The molecule has 20 heavy (non-hydrogen) atoms. The van der Waals surface area contributed by atoms with Crippen molar-refractivity contribution in [3.8, 4) is 0 Å². The van der Waals surface area contributed by atoms with Crippen molar-refractivity contribution in [2.24, 2.45) is 0 Å². The Bertz CT molecular complexity index is 425. The van der Waals surface area contributed by atoms with Crippen molar-refractivity contribution in [2.45, 2.75) is 52.7 Å². The molecule has 4 nitrogen and oxygen atoms in total. The molecule has 2 rings (SSSR count). The molecule has 1 aliphatic rings. The number of rotatable bonds is 5. The molecule has 1 aromatic heterocycles. The third-order valence-electron chi connectivity index (χ3n) is 4.25. The van der Waals surface area contributed by atoms with Crippen LogP contribution in [0.3, 0.4) is 0 Å². The van der Waals surface area contributed by atoms with Gasteiger partial charge in [0.25, 0.3) is 0 Å². The van der Waals surface area contributed by atoms with E-state index >= 15 is 0 Å². The van der Waals surface area contributed by atoms with E-state index in [1.54, 1.807) is 11.3 Å². The lowest BCUT2D eigenvalue weighted by molar-refractivity contribution is 0.209. The fourth-order valence-corrected chi connectivity index (χ4v) is 3.70. The minimum absolute atomic E-state index is 0.114. The fraction of sp³-hybridized carbons (Fsp3) is 0.800. The summed E-state index contributed by atoms with van der Waals surface area (Å²) < 4.78 is 0. The SMILES string of the molecule is CCC(C)c1nc(N2CCN(C(C)C)CC2)sc1CO. The zero-order chi connectivity index (χ0) is 14.7. The van der Waals surface area contributed by atoms with Crippen LogP contribution in [-0.2, 0) is 6.61 Å². The van der Waals surface area contributed by atoms with E-state index in [2.05, 4.69) is 37.5 Å². The number of aliphatic hydroxyl groups is 1. The predicted octanol–water partition coefficient (Wildman–Crippen LogP) is 2.68. The molecule has 2 heterocycles. The van der Waals surface area contributed by atoms with E-state index in [0.717, 1.165) is 48.3 Å². The van der Waals surface area contributed by atoms with Gasteiger partial charge < -0.3 is 10.0 Å². The summed E-state index contributed by atoms with van der Waals surface area (Å²) in [5.41, 5.74) is 1.10. The van der Waals surface area contributed by atoms with Gasteiger partial charge in [0.1, 0.15) is 0 Å². The first-order valence-corrected chi connectivity index (χ1v) is 8.47. The van der Waals surface area contributed by atoms with Gasteiger partial charge in [-0.1, -0.05) is 25.2 Å². The van der Waals surface area contributed by atoms with Crippen molar-refractivity contribution in [1.82, 2.24) is 9.88 Å². The quantitative estimate of drug-likeness (QED) is 0.907. The van der Waals surface area contributed by atoms with E-state index in [-0.39, 0.29) is 6.61 Å². The van der Waals surface area contributed by atoms with Crippen LogP contribution >= 0.6 is 11.3 Å². The van der Waals surface area contributed by atoms with Gasteiger partial charge in [-0.05, 0) is 26.2 Å². The number of aliphatic hydroxyl groups excluding tert-OH is 1. The lowest BCUT2D eigenvalue weighted by Gasteiger charge is -2.36. The fourth-order valence-electron chi connectivity index (χ4n) is 2.61. The monoisotopic (exact) mass is 297 g/mol. The number of hydrogen-bond acceptors (Lipinski definition) is 5. The van der Waals surface area contributed by atoms with E-state index in [9.17, 15) is 5.11 Å². The van der Waals surface area contributed by atoms with Crippen LogP contribution in [0.25, 0.3) is 0 Å². The predicted molar refractivity (Wildman–Crippen MR) is 85.7 cm³/mol. The zero-order valence-corrected chi connectivity index (χ0v) is 13.9. The molecule has 5 heteroatoms. The van der Waals surface area contributed by atoms with Gasteiger partial charge in [0, 0.05) is 32.2 Å². The molecule has 1 aliphatic heterocycles. The van der Waals surface area contributed by atoms with Crippen LogP contribution in [0.4, 0.5) is 5.13 Å². The standard InChI is InChI=1S/C15H27N3OS/c1-5-12(4)14-13(10-19)20-15(16-14)18-8-6-17(7-9-18)11(2)3/h11-12,19H,5-10H2,1-4H3. The first-order chi connectivity index (χ1) is 9.56. The second kappa shape index (κ2) is 6.87. The summed E-state index contributed by atoms with van der Waals surface area (Å²) in [6, 6.07) is 0.622. The smallest absolute Gasteiger partial charge is 0.185 e. The highest BCUT2D eigenvalue weighted by atomic mass is 32.1. The Morgan fingerprint density at radius 2 is 1.85 bits per heavy atom. The van der Waals surface area contributed by atoms with Crippen LogP contribution in [0.1, 0.15) is 50.6 Å². The Balaban J connectivity index is 2.08. The highest BCUT2D eigenvalue weighted by Gasteiger charge is 2.23. The van der Waals surface area contributed by atoms with Gasteiger partial charge in [0.15, 0.2) is 5.13 Å². The molecule has 1 fully saturated rings. The number of aromatic nitrogens is 1. The van der Waals surface area contributed by atoms with Gasteiger partial charge in [0.2, 0.25) is 0 Å². The normalized spacial score (nSPS) is 18.8. The van der Waals surface area contributed by atoms with Crippen molar-refractivity contribution >= 4 is 16.5 Å². The van der Waals surface area contributed by atoms with Crippen LogP contribution in [0.2, 0.25) is 0 Å². The molecule has 0 aromatic carbocycles. The largest absolute Gasteiger partial charge is 0.391 e. The summed E-state index contributed by atoms with van der Waals surface area (Å²) in [5, 5.41) is 10.6. The topological polar surface area (TPSA) is 39.6 Å². The zero-order valence-electron chi connectivity index (χ0n) is 13.1. The van der Waals surface area contributed by atoms with Crippen LogP contribution in [0.5, 0.6) is 0 Å². The van der Waals surface area contributed by atoms with Gasteiger partial charge in [-0.2, -0.15) is 0 Å². The molecule has 0 spiro atoms. The van der Waals surface area contributed by atoms with Gasteiger partial charge in [-0.3, -0.25) is 4.90 Å². The molecule has 1 atom stereocenters. The van der Waals surface area contributed by atoms with Gasteiger partial charge >= 0.3 is 0 Å². The number of nitrogens with zero attached hydrogens (tertiary/aromatic N) is 3. The van der Waals surface area contributed by atoms with E-state index in [4.69, 9.17) is 4.98 Å². The summed E-state index contributed by atoms with van der Waals surface area (Å²) in [4.78, 5) is 10.7. The second-order valence-electron chi connectivity index (χ2n) is 5.89. The lowest BCUT2D eigenvalue weighted by Crippen LogP contribution is -2.48. The van der Waals surface area contributed by atoms with Gasteiger partial charge in [-0.15, -0.1) is 0 Å². The number of thiazole rings is 1. The average Bonchev–Trinajstić information content (AvgIpc) is 2.90. The van der Waals surface area contributed by atoms with Crippen molar-refractivity contribution in [1.29, 1.82) is 0 Å². The van der Waals surface area contributed by atoms with E-state index in [0.29, 0.717) is 12.0 Å². The summed E-state index contributed by atoms with van der Waals surface area (Å²) in [6.45, 7) is 13.3. The molecular formula is C15H27N3OS. The van der Waals surface area contributed by atoms with Gasteiger partial charge in [0.05, 0.1) is 17.2 Å². The Labute approximate surface area is 126 Å². The Morgan fingerprint density at radius 1 is 1.20 bits per heavy atom. The van der Waals surface area contributed by atoms with Crippen LogP contribution < -0.4 is 4.90 Å². The molecular weight excluding hydrogens is 270 g/mol. The third-order valence-corrected chi connectivity index (χ3v) is 5.37. The van der Waals surface area contributed by atoms with Crippen LogP contribution in [0.15, 0.2) is 0 Å². The number of hydrogen-bond donors (Lipinski definition) is 1. The minimum atomic E-state index is 0.114. The summed E-state index contributed by atoms with van der Waals surface area (Å²) in [7, 11) is 0. The molecule has 0 aliphatic carbocycles. The first-order valence-electron chi connectivity index (χ1n) is 7.66. The van der Waals surface area contributed by atoms with Crippen molar-refractivity contribution in [2.75, 3.05) is 31.1 Å². The molecule has 0 saturated carbocycles. The molecule has 0 radical (unpaired) electrons. The van der Waals surface area contributed by atoms with Crippen molar-refractivity contribution in [3.05, 3.63) is 10.6 Å². The molecule has 1 unspecified atom stereocenters. The van der Waals surface area contributed by atoms with Crippen LogP contribution in [0, 0.1) is 0 Å². The van der Waals surface area contributed by atoms with Crippen molar-refractivity contribution < 1.29 is 5.11 Å². The van der Waals surface area contributed by atoms with Crippen molar-refractivity contribution in [3.63, 3.8) is 0 Å². The Morgan fingerprint density at radius 3 is 2.35 bits per heavy atom. The summed E-state index contributed by atoms with van der Waals surface area (Å²) in [5.74, 6) is 0.430. The second-order valence-corrected chi connectivity index (χ2v) is 6.95. The highest BCUT2D eigenvalue weighted by molar-refractivity contribution is 7.15. The molecule has 0 bridgehead atoms. The van der Waals surface area contributed by atoms with Gasteiger partial charge in [-0.25, -0.2) is 4.98 Å². The Hall–Kier alpha value is -0.650. The molecule has 1 N–H and O–H groups in total. The third kappa shape index (κ3) is 3.32. The average molecular weight is 297 g/mol.